The predicted octanol–water partition coefficient (Wildman–Crippen LogP) is 2.76. The van der Waals surface area contributed by atoms with Gasteiger partial charge in [0.1, 0.15) is 0 Å². The molecule has 1 spiro atoms. The first kappa shape index (κ1) is 18.0. The molecule has 1 amide bonds. The van der Waals surface area contributed by atoms with E-state index in [1.54, 1.807) is 5.01 Å². The number of rotatable bonds is 3. The minimum Gasteiger partial charge on any atom is -0.381 e. The number of anilines is 2. The molecule has 1 saturated heterocycles. The zero-order valence-electron chi connectivity index (χ0n) is 16.0. The first-order valence-electron chi connectivity index (χ1n) is 10.0. The van der Waals surface area contributed by atoms with Crippen LogP contribution in [0.4, 0.5) is 16.2 Å². The molecule has 1 aromatic heterocycles. The lowest BCUT2D eigenvalue weighted by molar-refractivity contribution is -0.135. The molecule has 0 bridgehead atoms. The summed E-state index contributed by atoms with van der Waals surface area (Å²) in [6.07, 6.45) is 6.45. The van der Waals surface area contributed by atoms with Crippen molar-refractivity contribution in [2.24, 2.45) is 16.4 Å². The van der Waals surface area contributed by atoms with Gasteiger partial charge in [-0.25, -0.2) is 14.4 Å². The second kappa shape index (κ2) is 6.79. The van der Waals surface area contributed by atoms with Crippen molar-refractivity contribution in [2.75, 3.05) is 23.7 Å². The summed E-state index contributed by atoms with van der Waals surface area (Å²) in [7, 11) is 0. The van der Waals surface area contributed by atoms with E-state index >= 15 is 0 Å². The number of halogens is 1. The number of nitrogens with zero attached hydrogens (tertiary/aromatic N) is 5. The number of hydrogen-bond acceptors (Lipinski definition) is 6. The number of benzene rings is 1. The van der Waals surface area contributed by atoms with Crippen LogP contribution in [-0.2, 0) is 4.79 Å². The molecule has 2 fully saturated rings. The van der Waals surface area contributed by atoms with E-state index in [1.165, 1.54) is 0 Å². The standard InChI is InChI=1S/C21H23FN6O/c22-16-12-24-20(26-18(16)23)27-10-4-8-21(13-27)11-15(21)19(29)28-17(7-9-25-28)14-5-2-1-3-6-14/h1-3,5-6,9,12,15,17H,4,7-8,10-11,13H2,(H2,23,24,26). The molecule has 3 atom stereocenters. The average molecular weight is 394 g/mol. The van der Waals surface area contributed by atoms with Crippen LogP contribution in [0.15, 0.2) is 41.6 Å². The summed E-state index contributed by atoms with van der Waals surface area (Å²) in [5, 5.41) is 6.06. The summed E-state index contributed by atoms with van der Waals surface area (Å²) in [5.41, 5.74) is 6.63. The number of aromatic nitrogens is 2. The van der Waals surface area contributed by atoms with Crippen molar-refractivity contribution in [1.29, 1.82) is 0 Å². The summed E-state index contributed by atoms with van der Waals surface area (Å²) >= 11 is 0. The average Bonchev–Trinajstić information content (AvgIpc) is 3.20. The van der Waals surface area contributed by atoms with Crippen LogP contribution in [0.2, 0.25) is 0 Å². The lowest BCUT2D eigenvalue weighted by Crippen LogP contribution is -2.40. The second-order valence-corrected chi connectivity index (χ2v) is 8.19. The molecule has 7 nitrogen and oxygen atoms in total. The largest absolute Gasteiger partial charge is 0.381 e. The molecule has 3 unspecified atom stereocenters. The Morgan fingerprint density at radius 2 is 2.10 bits per heavy atom. The van der Waals surface area contributed by atoms with Gasteiger partial charge in [-0.3, -0.25) is 4.79 Å². The van der Waals surface area contributed by atoms with Gasteiger partial charge >= 0.3 is 0 Å². The minimum atomic E-state index is -0.612. The maximum atomic E-state index is 13.4. The normalized spacial score (nSPS) is 28.2. The van der Waals surface area contributed by atoms with E-state index in [1.807, 2.05) is 41.4 Å². The number of amides is 1. The van der Waals surface area contributed by atoms with Gasteiger partial charge in [-0.05, 0) is 24.8 Å². The molecule has 29 heavy (non-hydrogen) atoms. The summed E-state index contributed by atoms with van der Waals surface area (Å²) in [5.74, 6) is -0.282. The van der Waals surface area contributed by atoms with Crippen molar-refractivity contribution < 1.29 is 9.18 Å². The van der Waals surface area contributed by atoms with Crippen LogP contribution in [0.25, 0.3) is 0 Å². The van der Waals surface area contributed by atoms with E-state index in [4.69, 9.17) is 5.73 Å². The van der Waals surface area contributed by atoms with Gasteiger partial charge < -0.3 is 10.6 Å². The molecule has 3 heterocycles. The Morgan fingerprint density at radius 3 is 2.90 bits per heavy atom. The number of nitrogens with two attached hydrogens (primary N) is 1. The van der Waals surface area contributed by atoms with Crippen LogP contribution in [0.5, 0.6) is 0 Å². The lowest BCUT2D eigenvalue weighted by atomic mass is 9.92. The smallest absolute Gasteiger partial charge is 0.247 e. The number of carbonyl (C=O) groups is 1. The molecule has 3 aliphatic rings. The van der Waals surface area contributed by atoms with E-state index in [2.05, 4.69) is 15.1 Å². The molecule has 8 heteroatoms. The van der Waals surface area contributed by atoms with Crippen molar-refractivity contribution in [2.45, 2.75) is 31.7 Å². The summed E-state index contributed by atoms with van der Waals surface area (Å²) < 4.78 is 13.4. The van der Waals surface area contributed by atoms with Crippen molar-refractivity contribution in [3.63, 3.8) is 0 Å². The highest BCUT2D eigenvalue weighted by Crippen LogP contribution is 2.59. The SMILES string of the molecule is Nc1nc(N2CCCC3(CC3C(=O)N3N=CCC3c3ccccc3)C2)ncc1F. The van der Waals surface area contributed by atoms with E-state index in [0.29, 0.717) is 12.5 Å². The first-order valence-corrected chi connectivity index (χ1v) is 10.0. The number of hydrazone groups is 1. The van der Waals surface area contributed by atoms with Gasteiger partial charge in [-0.15, -0.1) is 0 Å². The van der Waals surface area contributed by atoms with Gasteiger partial charge in [0, 0.05) is 37.1 Å². The number of nitrogen functional groups attached to an aromatic ring is 1. The van der Waals surface area contributed by atoms with Crippen LogP contribution >= 0.6 is 0 Å². The van der Waals surface area contributed by atoms with E-state index in [9.17, 15) is 9.18 Å². The van der Waals surface area contributed by atoms with Crippen molar-refractivity contribution in [1.82, 2.24) is 15.0 Å². The van der Waals surface area contributed by atoms with Crippen molar-refractivity contribution >= 4 is 23.9 Å². The summed E-state index contributed by atoms with van der Waals surface area (Å²) in [6, 6.07) is 10.0. The van der Waals surface area contributed by atoms with Gasteiger partial charge in [0.15, 0.2) is 11.6 Å². The van der Waals surface area contributed by atoms with Crippen LogP contribution in [-0.4, -0.2) is 40.2 Å². The number of hydrogen-bond donors (Lipinski definition) is 1. The number of piperidine rings is 1. The van der Waals surface area contributed by atoms with Gasteiger partial charge in [0.05, 0.1) is 12.2 Å². The highest BCUT2D eigenvalue weighted by Gasteiger charge is 2.61. The molecule has 150 valence electrons. The molecule has 1 aromatic carbocycles. The minimum absolute atomic E-state index is 0.0266. The maximum Gasteiger partial charge on any atom is 0.247 e. The molecule has 2 aliphatic heterocycles. The summed E-state index contributed by atoms with van der Waals surface area (Å²) in [6.45, 7) is 1.46. The predicted molar refractivity (Wildman–Crippen MR) is 108 cm³/mol. The first-order chi connectivity index (χ1) is 14.1. The van der Waals surface area contributed by atoms with Gasteiger partial charge in [0.2, 0.25) is 11.9 Å². The molecule has 1 saturated carbocycles. The van der Waals surface area contributed by atoms with Crippen LogP contribution in [0.1, 0.15) is 37.3 Å². The molecule has 1 aliphatic carbocycles. The Labute approximate surface area is 168 Å². The monoisotopic (exact) mass is 394 g/mol. The molecular formula is C21H23FN6O. The quantitative estimate of drug-likeness (QED) is 0.865. The van der Waals surface area contributed by atoms with Crippen molar-refractivity contribution in [3.8, 4) is 0 Å². The van der Waals surface area contributed by atoms with E-state index in [0.717, 1.165) is 44.0 Å². The van der Waals surface area contributed by atoms with Gasteiger partial charge in [-0.1, -0.05) is 30.3 Å². The van der Waals surface area contributed by atoms with E-state index in [-0.39, 0.29) is 29.1 Å². The Balaban J connectivity index is 1.31. The fourth-order valence-electron chi connectivity index (χ4n) is 4.74. The zero-order chi connectivity index (χ0) is 20.0. The Hall–Kier alpha value is -3.03. The summed E-state index contributed by atoms with van der Waals surface area (Å²) in [4.78, 5) is 23.5. The van der Waals surface area contributed by atoms with Crippen LogP contribution in [0, 0.1) is 17.2 Å². The highest BCUT2D eigenvalue weighted by molar-refractivity contribution is 5.85. The third-order valence-corrected chi connectivity index (χ3v) is 6.38. The molecule has 2 aromatic rings. The molecule has 0 radical (unpaired) electrons. The topological polar surface area (TPSA) is 87.7 Å². The lowest BCUT2D eigenvalue weighted by Gasteiger charge is -2.34. The van der Waals surface area contributed by atoms with Crippen LogP contribution in [0.3, 0.4) is 0 Å². The van der Waals surface area contributed by atoms with Crippen LogP contribution < -0.4 is 10.6 Å². The van der Waals surface area contributed by atoms with Crippen molar-refractivity contribution in [3.05, 3.63) is 47.9 Å². The van der Waals surface area contributed by atoms with Gasteiger partial charge in [-0.2, -0.15) is 10.1 Å². The Kier molecular flexibility index (Phi) is 4.22. The third kappa shape index (κ3) is 3.12. The van der Waals surface area contributed by atoms with Gasteiger partial charge in [0.25, 0.3) is 0 Å². The highest BCUT2D eigenvalue weighted by atomic mass is 19.1. The molecule has 2 N–H and O–H groups in total. The Morgan fingerprint density at radius 1 is 1.28 bits per heavy atom. The van der Waals surface area contributed by atoms with E-state index < -0.39 is 5.82 Å². The Bertz CT molecular complexity index is 967. The third-order valence-electron chi connectivity index (χ3n) is 6.38. The second-order valence-electron chi connectivity index (χ2n) is 8.19. The number of carbonyl (C=O) groups excluding carboxylic acids is 1. The molecule has 5 rings (SSSR count). The molecular weight excluding hydrogens is 371 g/mol. The maximum absolute atomic E-state index is 13.4. The fourth-order valence-corrected chi connectivity index (χ4v) is 4.74. The fraction of sp³-hybridized carbons (Fsp3) is 0.429. The zero-order valence-corrected chi connectivity index (χ0v) is 16.0.